The first-order valence-electron chi connectivity index (χ1n) is 23.8. The van der Waals surface area contributed by atoms with Crippen LogP contribution in [0.5, 0.6) is 5.75 Å². The van der Waals surface area contributed by atoms with Crippen LogP contribution in [-0.2, 0) is 34.8 Å². The number of halogens is 3. The van der Waals surface area contributed by atoms with Crippen molar-refractivity contribution in [3.05, 3.63) is 95.5 Å². The van der Waals surface area contributed by atoms with E-state index in [0.717, 1.165) is 53.1 Å². The molecule has 1 aromatic heterocycles. The molecule has 4 amide bonds. The number of alkyl halides is 3. The van der Waals surface area contributed by atoms with Gasteiger partial charge in [0.05, 0.1) is 65.6 Å². The first-order valence-corrected chi connectivity index (χ1v) is 24.2. The van der Waals surface area contributed by atoms with Gasteiger partial charge < -0.3 is 44.2 Å². The van der Waals surface area contributed by atoms with E-state index in [0.29, 0.717) is 23.8 Å². The second-order valence-electron chi connectivity index (χ2n) is 20.8. The molecule has 3 aromatic carbocycles. The number of thiocarbonyl (C=S) groups is 1. The van der Waals surface area contributed by atoms with Gasteiger partial charge in [0.15, 0.2) is 17.3 Å². The van der Waals surface area contributed by atoms with Crippen LogP contribution in [0.3, 0.4) is 0 Å². The lowest BCUT2D eigenvalue weighted by Gasteiger charge is -2.57. The molecule has 20 heteroatoms. The highest BCUT2D eigenvalue weighted by molar-refractivity contribution is 7.81. The average Bonchev–Trinajstić information content (AvgIpc) is 3.96. The standard InChI is InChI=1S/C52H58F3N7O9S/c1-29(32-8-10-33(11-9-32)43-30(2)57-28-70-43)58-45(65)41-19-37(63)24-60(41)46(66)44(49(3,4)5)59-42(64)27-68-26-39-22-51(71-39)20-31(21-51)25-69-38-16-14-35(15-17-38)62-48(72)61(47(67)50(62,6)7)36-13-12-34(23-56)40(18-36)52(53,54)55/h8-18,28-29,31,37,39,41,44,63H,19-22,24-27H2,1-7H3,(H,58,65)(H,59,64)/t29-,31?,37+,39-,41-,44?,51?/m0/s1. The number of carbonyl (C=O) groups is 4. The van der Waals surface area contributed by atoms with Crippen molar-refractivity contribution >= 4 is 52.3 Å². The topological polar surface area (TPSA) is 200 Å². The number of aromatic nitrogens is 1. The Morgan fingerprint density at radius 1 is 1.00 bits per heavy atom. The van der Waals surface area contributed by atoms with Crippen LogP contribution in [0.4, 0.5) is 24.5 Å². The number of aliphatic hydroxyl groups is 1. The third-order valence-electron chi connectivity index (χ3n) is 13.9. The predicted octanol–water partition coefficient (Wildman–Crippen LogP) is 7.16. The first kappa shape index (κ1) is 51.9. The zero-order valence-corrected chi connectivity index (χ0v) is 41.9. The van der Waals surface area contributed by atoms with Crippen molar-refractivity contribution in [2.24, 2.45) is 11.3 Å². The van der Waals surface area contributed by atoms with Crippen LogP contribution in [-0.4, -0.2) is 106 Å². The van der Waals surface area contributed by atoms with E-state index >= 15 is 0 Å². The fourth-order valence-corrected chi connectivity index (χ4v) is 10.6. The summed E-state index contributed by atoms with van der Waals surface area (Å²) in [6.07, 6.45) is -2.19. The Balaban J connectivity index is 0.764. The number of hydrogen-bond donors (Lipinski definition) is 3. The number of likely N-dealkylation sites (tertiary alicyclic amines) is 1. The number of nitrogens with zero attached hydrogens (tertiary/aromatic N) is 5. The monoisotopic (exact) mass is 1010 g/mol. The molecule has 3 saturated heterocycles. The van der Waals surface area contributed by atoms with Crippen LogP contribution in [0, 0.1) is 29.6 Å². The largest absolute Gasteiger partial charge is 0.493 e. The Hall–Kier alpha value is -6.40. The molecule has 8 rings (SSSR count). The first-order chi connectivity index (χ1) is 33.9. The van der Waals surface area contributed by atoms with Crippen molar-refractivity contribution < 1.29 is 56.1 Å². The number of nitriles is 1. The highest BCUT2D eigenvalue weighted by Gasteiger charge is 2.55. The summed E-state index contributed by atoms with van der Waals surface area (Å²) >= 11 is 5.65. The molecule has 1 spiro atoms. The number of oxazole rings is 1. The van der Waals surface area contributed by atoms with Crippen LogP contribution in [0.25, 0.3) is 11.3 Å². The number of hydrogen-bond acceptors (Lipinski definition) is 12. The van der Waals surface area contributed by atoms with Gasteiger partial charge in [-0.2, -0.15) is 18.4 Å². The number of β-amino-alcohol motifs (C(OH)–C–C–N with tert-alkyl or cyclic N) is 1. The van der Waals surface area contributed by atoms with Crippen LogP contribution in [0.1, 0.15) is 95.7 Å². The number of aryl methyl sites for hydroxylation is 1. The number of nitrogens with one attached hydrogen (secondary N) is 2. The van der Waals surface area contributed by atoms with Gasteiger partial charge in [0.2, 0.25) is 17.7 Å². The van der Waals surface area contributed by atoms with Gasteiger partial charge in [-0.05, 0) is 112 Å². The number of ether oxygens (including phenoxy) is 3. The van der Waals surface area contributed by atoms with Gasteiger partial charge in [-0.3, -0.25) is 24.1 Å². The smallest absolute Gasteiger partial charge is 0.417 e. The minimum Gasteiger partial charge on any atom is -0.493 e. The summed E-state index contributed by atoms with van der Waals surface area (Å²) in [6, 6.07) is 16.7. The molecule has 1 unspecified atom stereocenters. The molecule has 4 aromatic rings. The van der Waals surface area contributed by atoms with Crippen LogP contribution in [0.2, 0.25) is 0 Å². The Kier molecular flexibility index (Phi) is 14.4. The molecule has 72 heavy (non-hydrogen) atoms. The molecule has 0 radical (unpaired) electrons. The maximum Gasteiger partial charge on any atom is 0.417 e. The van der Waals surface area contributed by atoms with Gasteiger partial charge in [-0.25, -0.2) is 4.98 Å². The number of aliphatic hydroxyl groups excluding tert-OH is 1. The summed E-state index contributed by atoms with van der Waals surface area (Å²) in [5, 5.41) is 25.7. The maximum absolute atomic E-state index is 14.1. The predicted molar refractivity (Wildman–Crippen MR) is 261 cm³/mol. The molecule has 0 bridgehead atoms. The molecule has 382 valence electrons. The lowest BCUT2D eigenvalue weighted by molar-refractivity contribution is -0.273. The molecule has 16 nitrogen and oxygen atoms in total. The number of benzene rings is 3. The Morgan fingerprint density at radius 3 is 2.28 bits per heavy atom. The van der Waals surface area contributed by atoms with E-state index in [1.54, 1.807) is 49.1 Å². The second-order valence-corrected chi connectivity index (χ2v) is 21.1. The van der Waals surface area contributed by atoms with E-state index in [1.165, 1.54) is 17.4 Å². The molecule has 4 fully saturated rings. The molecule has 3 N–H and O–H groups in total. The van der Waals surface area contributed by atoms with Crippen molar-refractivity contribution in [1.82, 2.24) is 20.5 Å². The van der Waals surface area contributed by atoms with E-state index in [1.807, 2.05) is 58.9 Å². The Morgan fingerprint density at radius 2 is 1.67 bits per heavy atom. The van der Waals surface area contributed by atoms with Crippen LogP contribution >= 0.6 is 12.2 Å². The quantitative estimate of drug-likeness (QED) is 0.102. The molecule has 5 atom stereocenters. The minimum absolute atomic E-state index is 0.00712. The normalized spacial score (nSPS) is 23.6. The summed E-state index contributed by atoms with van der Waals surface area (Å²) in [4.78, 5) is 62.7. The third kappa shape index (κ3) is 10.6. The lowest BCUT2D eigenvalue weighted by atomic mass is 9.65. The van der Waals surface area contributed by atoms with E-state index in [2.05, 4.69) is 15.6 Å². The summed E-state index contributed by atoms with van der Waals surface area (Å²) in [7, 11) is 0. The second kappa shape index (κ2) is 19.9. The Labute approximate surface area is 420 Å². The zero-order chi connectivity index (χ0) is 52.1. The highest BCUT2D eigenvalue weighted by atomic mass is 32.1. The van der Waals surface area contributed by atoms with Crippen molar-refractivity contribution in [2.75, 3.05) is 36.2 Å². The SMILES string of the molecule is Cc1ncoc1-c1ccc([C@H](C)NC(=O)[C@@H]2C[C@@H](O)CN2C(=O)C(NC(=O)COC[C@@H]2CC3(CC(COc4ccc(N5C(=S)N(c6ccc(C#N)c(C(F)(F)F)c6)C(=O)C5(C)C)cc4)C3)O2)C(C)(C)C)cc1. The highest BCUT2D eigenvalue weighted by Crippen LogP contribution is 2.51. The van der Waals surface area contributed by atoms with E-state index < -0.39 is 76.1 Å². The van der Waals surface area contributed by atoms with Crippen LogP contribution in [0.15, 0.2) is 77.5 Å². The number of amides is 4. The summed E-state index contributed by atoms with van der Waals surface area (Å²) in [5.41, 5.74) is -1.08. The third-order valence-corrected chi connectivity index (χ3v) is 14.2. The van der Waals surface area contributed by atoms with Gasteiger partial charge in [0, 0.05) is 30.6 Å². The van der Waals surface area contributed by atoms with E-state index in [9.17, 15) is 42.7 Å². The molecule has 1 saturated carbocycles. The average molecular weight is 1010 g/mol. The summed E-state index contributed by atoms with van der Waals surface area (Å²) in [5.74, 6) is -0.447. The number of anilines is 2. The van der Waals surface area contributed by atoms with Gasteiger partial charge >= 0.3 is 6.18 Å². The van der Waals surface area contributed by atoms with Crippen molar-refractivity contribution in [1.29, 1.82) is 5.26 Å². The molecule has 3 aliphatic heterocycles. The summed E-state index contributed by atoms with van der Waals surface area (Å²) < 4.78 is 64.8. The fraction of sp³-hybridized carbons (Fsp3) is 0.481. The fourth-order valence-electron chi connectivity index (χ4n) is 10.1. The summed E-state index contributed by atoms with van der Waals surface area (Å²) in [6.45, 7) is 12.6. The lowest BCUT2D eigenvalue weighted by Crippen LogP contribution is -2.61. The van der Waals surface area contributed by atoms with Crippen molar-refractivity contribution in [2.45, 2.75) is 122 Å². The Bertz CT molecular complexity index is 2760. The molecule has 4 aliphatic rings. The van der Waals surface area contributed by atoms with Crippen molar-refractivity contribution in [3.63, 3.8) is 0 Å². The van der Waals surface area contributed by atoms with Crippen LogP contribution < -0.4 is 25.2 Å². The van der Waals surface area contributed by atoms with E-state index in [-0.39, 0.29) is 54.6 Å². The molecular formula is C52H58F3N7O9S. The van der Waals surface area contributed by atoms with E-state index in [4.69, 9.17) is 30.8 Å². The molecular weight excluding hydrogens is 956 g/mol. The molecule has 1 aliphatic carbocycles. The maximum atomic E-state index is 14.1. The van der Waals surface area contributed by atoms with Gasteiger partial charge in [0.1, 0.15) is 30.0 Å². The van der Waals surface area contributed by atoms with Gasteiger partial charge in [0.25, 0.3) is 5.91 Å². The minimum atomic E-state index is -4.81. The van der Waals surface area contributed by atoms with Gasteiger partial charge in [-0.1, -0.05) is 45.0 Å². The number of rotatable bonds is 15. The molecule has 4 heterocycles. The zero-order valence-electron chi connectivity index (χ0n) is 41.0. The van der Waals surface area contributed by atoms with Crippen molar-refractivity contribution in [3.8, 4) is 23.1 Å². The van der Waals surface area contributed by atoms with Gasteiger partial charge in [-0.15, -0.1) is 0 Å². The number of carbonyl (C=O) groups excluding carboxylic acids is 4.